The maximum Gasteiger partial charge on any atom is 0.332 e. The molecule has 1 amide bonds. The normalized spacial score (nSPS) is 39.1. The molecule has 136 valence electrons. The number of amides is 1. The summed E-state index contributed by atoms with van der Waals surface area (Å²) in [6, 6.07) is 0. The van der Waals surface area contributed by atoms with E-state index in [1.165, 1.54) is 13.0 Å². The minimum Gasteiger partial charge on any atom is -0.463 e. The van der Waals surface area contributed by atoms with Crippen LogP contribution in [0, 0.1) is 5.92 Å². The number of rotatable bonds is 5. The summed E-state index contributed by atoms with van der Waals surface area (Å²) >= 11 is 0. The molecule has 2 aliphatic rings. The predicted molar refractivity (Wildman–Crippen MR) is 79.3 cm³/mol. The van der Waals surface area contributed by atoms with E-state index in [9.17, 15) is 24.9 Å². The van der Waals surface area contributed by atoms with Crippen molar-refractivity contribution < 1.29 is 39.1 Å². The molecule has 2 fully saturated rings. The van der Waals surface area contributed by atoms with Crippen LogP contribution in [-0.2, 0) is 23.8 Å². The number of carbonyl (C=O) groups excluding carboxylic acids is 2. The van der Waals surface area contributed by atoms with Crippen molar-refractivity contribution in [2.45, 2.75) is 57.6 Å². The van der Waals surface area contributed by atoms with Gasteiger partial charge in [-0.3, -0.25) is 4.79 Å². The summed E-state index contributed by atoms with van der Waals surface area (Å²) in [5.41, 5.74) is 0.352. The van der Waals surface area contributed by atoms with Crippen molar-refractivity contribution in [3.63, 3.8) is 0 Å². The van der Waals surface area contributed by atoms with Gasteiger partial charge < -0.3 is 34.8 Å². The fourth-order valence-corrected chi connectivity index (χ4v) is 2.68. The Morgan fingerprint density at radius 2 is 2.00 bits per heavy atom. The first-order chi connectivity index (χ1) is 11.3. The molecular formula is C15H23NO8. The zero-order chi connectivity index (χ0) is 18.0. The highest BCUT2D eigenvalue weighted by Gasteiger charge is 2.46. The minimum absolute atomic E-state index is 0.216. The molecule has 9 heteroatoms. The molecule has 0 aromatic carbocycles. The lowest BCUT2D eigenvalue weighted by molar-refractivity contribution is -0.305. The van der Waals surface area contributed by atoms with Crippen LogP contribution >= 0.6 is 0 Å². The van der Waals surface area contributed by atoms with Gasteiger partial charge in [0.05, 0.1) is 18.8 Å². The van der Waals surface area contributed by atoms with E-state index in [1.54, 1.807) is 13.8 Å². The van der Waals surface area contributed by atoms with E-state index in [0.29, 0.717) is 5.70 Å². The Morgan fingerprint density at radius 1 is 1.33 bits per heavy atom. The van der Waals surface area contributed by atoms with Gasteiger partial charge in [-0.15, -0.1) is 0 Å². The van der Waals surface area contributed by atoms with Gasteiger partial charge in [-0.25, -0.2) is 4.79 Å². The van der Waals surface area contributed by atoms with Crippen LogP contribution in [-0.4, -0.2) is 70.6 Å². The zero-order valence-electron chi connectivity index (χ0n) is 13.7. The van der Waals surface area contributed by atoms with Crippen molar-refractivity contribution in [3.8, 4) is 0 Å². The zero-order valence-corrected chi connectivity index (χ0v) is 13.7. The molecule has 2 heterocycles. The predicted octanol–water partition coefficient (Wildman–Crippen LogP) is -1.59. The van der Waals surface area contributed by atoms with Gasteiger partial charge in [0, 0.05) is 11.8 Å². The second-order valence-corrected chi connectivity index (χ2v) is 5.84. The summed E-state index contributed by atoms with van der Waals surface area (Å²) in [4.78, 5) is 23.2. The second-order valence-electron chi connectivity index (χ2n) is 5.84. The molecule has 24 heavy (non-hydrogen) atoms. The number of ether oxygens (including phenoxy) is 3. The van der Waals surface area contributed by atoms with Crippen molar-refractivity contribution in [2.75, 3.05) is 6.61 Å². The summed E-state index contributed by atoms with van der Waals surface area (Å²) in [5, 5.41) is 31.9. The Balaban J connectivity index is 2.01. The van der Waals surface area contributed by atoms with Crippen molar-refractivity contribution in [2.24, 2.45) is 5.92 Å². The molecular weight excluding hydrogens is 322 g/mol. The molecule has 9 nitrogen and oxygen atoms in total. The summed E-state index contributed by atoms with van der Waals surface area (Å²) in [6.07, 6.45) is -5.62. The third-order valence-corrected chi connectivity index (χ3v) is 4.07. The number of aliphatic hydroxyl groups is 3. The molecule has 0 bridgehead atoms. The number of hydrogen-bond acceptors (Lipinski definition) is 8. The average Bonchev–Trinajstić information content (AvgIpc) is 2.50. The molecule has 0 aliphatic carbocycles. The van der Waals surface area contributed by atoms with E-state index in [-0.39, 0.29) is 12.5 Å². The molecule has 0 aromatic rings. The monoisotopic (exact) mass is 345 g/mol. The Labute approximate surface area is 139 Å². The fourth-order valence-electron chi connectivity index (χ4n) is 2.68. The van der Waals surface area contributed by atoms with Crippen molar-refractivity contribution in [3.05, 3.63) is 11.8 Å². The summed E-state index contributed by atoms with van der Waals surface area (Å²) in [7, 11) is 0. The summed E-state index contributed by atoms with van der Waals surface area (Å²) < 4.78 is 15.7. The maximum atomic E-state index is 11.7. The molecule has 2 aliphatic heterocycles. The van der Waals surface area contributed by atoms with Crippen LogP contribution in [0.4, 0.5) is 0 Å². The van der Waals surface area contributed by atoms with Crippen molar-refractivity contribution >= 4 is 11.9 Å². The topological polar surface area (TPSA) is 135 Å². The molecule has 0 saturated carbocycles. The lowest BCUT2D eigenvalue weighted by Crippen LogP contribution is -2.59. The van der Waals surface area contributed by atoms with Gasteiger partial charge >= 0.3 is 5.97 Å². The third-order valence-electron chi connectivity index (χ3n) is 4.07. The fraction of sp³-hybridized carbons (Fsp3) is 0.733. The Bertz CT molecular complexity index is 522. The molecule has 4 N–H and O–H groups in total. The van der Waals surface area contributed by atoms with Gasteiger partial charge in [0.2, 0.25) is 5.91 Å². The largest absolute Gasteiger partial charge is 0.463 e. The molecule has 0 aromatic heterocycles. The molecule has 2 saturated heterocycles. The molecule has 0 spiro atoms. The molecule has 0 radical (unpaired) electrons. The van der Waals surface area contributed by atoms with E-state index in [0.717, 1.165) is 0 Å². The molecule has 2 rings (SSSR count). The minimum atomic E-state index is -1.46. The first-order valence-corrected chi connectivity index (χ1v) is 7.80. The van der Waals surface area contributed by atoms with Crippen LogP contribution in [0.3, 0.4) is 0 Å². The van der Waals surface area contributed by atoms with E-state index in [4.69, 9.17) is 14.2 Å². The first kappa shape index (κ1) is 18.8. The van der Waals surface area contributed by atoms with Crippen LogP contribution in [0.2, 0.25) is 0 Å². The number of esters is 1. The van der Waals surface area contributed by atoms with Crippen LogP contribution in [0.1, 0.15) is 20.8 Å². The quantitative estimate of drug-likeness (QED) is 0.266. The average molecular weight is 345 g/mol. The van der Waals surface area contributed by atoms with E-state index in [1.807, 2.05) is 0 Å². The summed E-state index contributed by atoms with van der Waals surface area (Å²) in [5.74, 6) is -1.65. The van der Waals surface area contributed by atoms with Gasteiger partial charge in [0.15, 0.2) is 6.29 Å². The van der Waals surface area contributed by atoms with Crippen LogP contribution in [0.5, 0.6) is 0 Å². The van der Waals surface area contributed by atoms with Crippen molar-refractivity contribution in [1.29, 1.82) is 0 Å². The highest BCUT2D eigenvalue weighted by Crippen LogP contribution is 2.29. The Hall–Kier alpha value is -1.52. The third kappa shape index (κ3) is 3.76. The van der Waals surface area contributed by atoms with E-state index in [2.05, 4.69) is 5.32 Å². The lowest BCUT2D eigenvalue weighted by atomic mass is 9.90. The highest BCUT2D eigenvalue weighted by atomic mass is 16.7. The Kier molecular flexibility index (Phi) is 5.94. The van der Waals surface area contributed by atoms with Gasteiger partial charge in [0.25, 0.3) is 0 Å². The number of nitrogens with one attached hydrogen (secondary N) is 1. The first-order valence-electron chi connectivity index (χ1n) is 7.80. The maximum absolute atomic E-state index is 11.7. The molecule has 0 unspecified atom stereocenters. The van der Waals surface area contributed by atoms with Gasteiger partial charge in [-0.1, -0.05) is 0 Å². The second kappa shape index (κ2) is 7.58. The van der Waals surface area contributed by atoms with Crippen LogP contribution < -0.4 is 5.32 Å². The molecule has 7 atom stereocenters. The van der Waals surface area contributed by atoms with Gasteiger partial charge in [-0.05, 0) is 20.8 Å². The smallest absolute Gasteiger partial charge is 0.332 e. The van der Waals surface area contributed by atoms with Gasteiger partial charge in [0.1, 0.15) is 24.2 Å². The number of hydrogen-bond donors (Lipinski definition) is 4. The standard InChI is InChI=1S/C15H23NO8/c1-4-22-9(17)5-8-10(14(21)16-8)6(2)23-15-13(20)12(19)11(18)7(3)24-15/h5-7,10-13,15,18-20H,4H2,1-3H3,(H,16,21)/b8-5+/t6-,7+,10-,11-,12-,13+,15-/m1/s1. The lowest BCUT2D eigenvalue weighted by Gasteiger charge is -2.42. The van der Waals surface area contributed by atoms with Crippen LogP contribution in [0.15, 0.2) is 11.8 Å². The summed E-state index contributed by atoms with van der Waals surface area (Å²) in [6.45, 7) is 5.00. The van der Waals surface area contributed by atoms with Crippen LogP contribution in [0.25, 0.3) is 0 Å². The van der Waals surface area contributed by atoms with E-state index < -0.39 is 48.7 Å². The van der Waals surface area contributed by atoms with E-state index >= 15 is 0 Å². The number of carbonyl (C=O) groups is 2. The van der Waals surface area contributed by atoms with Crippen molar-refractivity contribution in [1.82, 2.24) is 5.32 Å². The van der Waals surface area contributed by atoms with Gasteiger partial charge in [-0.2, -0.15) is 0 Å². The number of aliphatic hydroxyl groups excluding tert-OH is 3. The Morgan fingerprint density at radius 3 is 2.58 bits per heavy atom. The highest BCUT2D eigenvalue weighted by molar-refractivity contribution is 5.95. The SMILES string of the molecule is CCOC(=O)/C=C1/NC(=O)[C@@H]1[C@@H](C)O[C@@H]1O[C@@H](C)[C@@H](O)[C@@H](O)[C@@H]1O. The number of β-lactam (4-membered cyclic amide) rings is 1.